The van der Waals surface area contributed by atoms with Crippen molar-refractivity contribution in [2.75, 3.05) is 18.6 Å². The fourth-order valence-electron chi connectivity index (χ4n) is 5.64. The molecule has 0 aliphatic carbocycles. The van der Waals surface area contributed by atoms with Crippen molar-refractivity contribution >= 4 is 42.5 Å². The lowest BCUT2D eigenvalue weighted by Crippen LogP contribution is -2.68. The Hall–Kier alpha value is -3.43. The molecule has 0 saturated heterocycles. The molecule has 1 unspecified atom stereocenters. The number of hydrogen-bond donors (Lipinski definition) is 2. The third-order valence-electron chi connectivity index (χ3n) is 7.64. The molecule has 0 radical (unpaired) electrons. The van der Waals surface area contributed by atoms with Crippen LogP contribution in [0.4, 0.5) is 4.79 Å². The maximum Gasteiger partial charge on any atom is 0.408 e. The molecular formula is C35H46N2O5SSi. The lowest BCUT2D eigenvalue weighted by Gasteiger charge is -2.43. The van der Waals surface area contributed by atoms with Crippen LogP contribution in [-0.2, 0) is 9.53 Å². The first-order valence-corrected chi connectivity index (χ1v) is 18.5. The minimum Gasteiger partial charge on any atom is -0.534 e. The van der Waals surface area contributed by atoms with Crippen molar-refractivity contribution in [3.63, 3.8) is 0 Å². The SMILES string of the molecule is CSCC[C@@H](NC(=O)OC(C)(C)C)C(=O)NC1CCOc2ccc(O[Si](c3ccccc3)(c3ccccc3)C(C)(C)C)cc21. The number of alkyl carbamates (subject to hydrolysis) is 1. The highest BCUT2D eigenvalue weighted by Gasteiger charge is 2.52. The van der Waals surface area contributed by atoms with Crippen molar-refractivity contribution < 1.29 is 23.5 Å². The van der Waals surface area contributed by atoms with Crippen LogP contribution in [0.2, 0.25) is 5.04 Å². The molecule has 3 aromatic rings. The number of benzene rings is 3. The predicted octanol–water partition coefficient (Wildman–Crippen LogP) is 6.21. The molecular weight excluding hydrogens is 589 g/mol. The summed E-state index contributed by atoms with van der Waals surface area (Å²) in [5, 5.41) is 8.14. The zero-order chi connectivity index (χ0) is 32.0. The van der Waals surface area contributed by atoms with Gasteiger partial charge in [-0.1, -0.05) is 81.4 Å². The molecule has 9 heteroatoms. The van der Waals surface area contributed by atoms with Crippen LogP contribution in [-0.4, -0.2) is 50.6 Å². The number of carbonyl (C=O) groups excluding carboxylic acids is 2. The molecule has 236 valence electrons. The average Bonchev–Trinajstić information content (AvgIpc) is 2.97. The highest BCUT2D eigenvalue weighted by molar-refractivity contribution is 7.98. The summed E-state index contributed by atoms with van der Waals surface area (Å²) in [4.78, 5) is 26.2. The van der Waals surface area contributed by atoms with Crippen LogP contribution in [0, 0.1) is 0 Å². The number of hydrogen-bond acceptors (Lipinski definition) is 6. The van der Waals surface area contributed by atoms with Gasteiger partial charge < -0.3 is 24.5 Å². The molecule has 7 nitrogen and oxygen atoms in total. The molecule has 0 saturated carbocycles. The van der Waals surface area contributed by atoms with E-state index in [1.54, 1.807) is 32.5 Å². The maximum absolute atomic E-state index is 13.6. The fourth-order valence-corrected chi connectivity index (χ4v) is 10.5. The van der Waals surface area contributed by atoms with E-state index < -0.39 is 26.1 Å². The molecule has 2 atom stereocenters. The Kier molecular flexibility index (Phi) is 10.7. The second-order valence-electron chi connectivity index (χ2n) is 13.1. The summed E-state index contributed by atoms with van der Waals surface area (Å²) in [6.07, 6.45) is 2.46. The summed E-state index contributed by atoms with van der Waals surface area (Å²) in [6, 6.07) is 25.9. The largest absolute Gasteiger partial charge is 0.534 e. The van der Waals surface area contributed by atoms with Gasteiger partial charge in [0.2, 0.25) is 5.91 Å². The van der Waals surface area contributed by atoms with Crippen LogP contribution in [0.3, 0.4) is 0 Å². The van der Waals surface area contributed by atoms with E-state index in [-0.39, 0.29) is 17.0 Å². The Morgan fingerprint density at radius 2 is 1.57 bits per heavy atom. The highest BCUT2D eigenvalue weighted by Crippen LogP contribution is 2.40. The Morgan fingerprint density at radius 1 is 0.955 bits per heavy atom. The second-order valence-corrected chi connectivity index (χ2v) is 18.4. The quantitative estimate of drug-likeness (QED) is 0.258. The summed E-state index contributed by atoms with van der Waals surface area (Å²) >= 11 is 1.62. The number of fused-ring (bicyclic) bond motifs is 1. The van der Waals surface area contributed by atoms with Gasteiger partial charge in [-0.2, -0.15) is 11.8 Å². The topological polar surface area (TPSA) is 85.9 Å². The van der Waals surface area contributed by atoms with Gasteiger partial charge in [-0.25, -0.2) is 4.79 Å². The molecule has 0 fully saturated rings. The third kappa shape index (κ3) is 7.98. The van der Waals surface area contributed by atoms with Crippen LogP contribution in [0.25, 0.3) is 0 Å². The van der Waals surface area contributed by atoms with Crippen molar-refractivity contribution in [3.05, 3.63) is 84.4 Å². The van der Waals surface area contributed by atoms with Gasteiger partial charge in [0.05, 0.1) is 12.6 Å². The summed E-state index contributed by atoms with van der Waals surface area (Å²) in [7, 11) is -2.85. The molecule has 2 N–H and O–H groups in total. The van der Waals surface area contributed by atoms with E-state index in [9.17, 15) is 9.59 Å². The molecule has 0 bridgehead atoms. The van der Waals surface area contributed by atoms with E-state index in [1.807, 2.05) is 36.6 Å². The van der Waals surface area contributed by atoms with Crippen LogP contribution in [0.1, 0.15) is 66.0 Å². The van der Waals surface area contributed by atoms with E-state index in [4.69, 9.17) is 13.9 Å². The number of thioether (sulfide) groups is 1. The van der Waals surface area contributed by atoms with E-state index in [0.717, 1.165) is 17.1 Å². The van der Waals surface area contributed by atoms with Gasteiger partial charge in [0.1, 0.15) is 23.1 Å². The van der Waals surface area contributed by atoms with Crippen molar-refractivity contribution in [2.24, 2.45) is 0 Å². The number of amides is 2. The van der Waals surface area contributed by atoms with Crippen molar-refractivity contribution in [1.29, 1.82) is 0 Å². The molecule has 2 amide bonds. The van der Waals surface area contributed by atoms with E-state index >= 15 is 0 Å². The van der Waals surface area contributed by atoms with Crippen molar-refractivity contribution in [1.82, 2.24) is 10.6 Å². The maximum atomic E-state index is 13.6. The Labute approximate surface area is 267 Å². The first kappa shape index (κ1) is 33.5. The van der Waals surface area contributed by atoms with Crippen molar-refractivity contribution in [2.45, 2.75) is 77.1 Å². The van der Waals surface area contributed by atoms with Crippen LogP contribution < -0.4 is 30.2 Å². The summed E-state index contributed by atoms with van der Waals surface area (Å²) in [5.74, 6) is 1.92. The predicted molar refractivity (Wildman–Crippen MR) is 182 cm³/mol. The summed E-state index contributed by atoms with van der Waals surface area (Å²) < 4.78 is 18.7. The monoisotopic (exact) mass is 634 g/mol. The molecule has 1 heterocycles. The molecule has 1 aliphatic heterocycles. The standard InChI is InChI=1S/C35H46N2O5SSi/c1-34(2,3)41-33(39)37-30(21-23-43-7)32(38)36-29-20-22-40-31-19-18-25(24-28(29)31)42-44(35(4,5)6,26-14-10-8-11-15-26)27-16-12-9-13-17-27/h8-19,24,29-30H,20-23H2,1-7H3,(H,36,38)(H,37,39)/t29?,30-/m1/s1. The van der Waals surface area contributed by atoms with Gasteiger partial charge >= 0.3 is 14.4 Å². The van der Waals surface area contributed by atoms with E-state index in [0.29, 0.717) is 25.2 Å². The van der Waals surface area contributed by atoms with Gasteiger partial charge in [0.15, 0.2) is 0 Å². The number of nitrogens with one attached hydrogen (secondary N) is 2. The van der Waals surface area contributed by atoms with Crippen molar-refractivity contribution in [3.8, 4) is 11.5 Å². The summed E-state index contributed by atoms with van der Waals surface area (Å²) in [5.41, 5.74) is 0.201. The lowest BCUT2D eigenvalue weighted by molar-refractivity contribution is -0.124. The summed E-state index contributed by atoms with van der Waals surface area (Å²) in [6.45, 7) is 12.6. The van der Waals surface area contributed by atoms with Crippen LogP contribution in [0.5, 0.6) is 11.5 Å². The fraction of sp³-hybridized carbons (Fsp3) is 0.429. The van der Waals surface area contributed by atoms with Gasteiger partial charge in [-0.15, -0.1) is 0 Å². The smallest absolute Gasteiger partial charge is 0.408 e. The second kappa shape index (κ2) is 14.1. The minimum atomic E-state index is -2.85. The molecule has 4 rings (SSSR count). The molecule has 0 spiro atoms. The van der Waals surface area contributed by atoms with E-state index in [1.165, 1.54) is 10.4 Å². The number of ether oxygens (including phenoxy) is 2. The van der Waals surface area contributed by atoms with E-state index in [2.05, 4.69) is 79.9 Å². The number of rotatable bonds is 10. The molecule has 44 heavy (non-hydrogen) atoms. The number of carbonyl (C=O) groups is 2. The van der Waals surface area contributed by atoms with Crippen LogP contribution in [0.15, 0.2) is 78.9 Å². The lowest BCUT2D eigenvalue weighted by atomic mass is 9.99. The Balaban J connectivity index is 1.66. The normalized spacial score (nSPS) is 15.8. The van der Waals surface area contributed by atoms with Gasteiger partial charge in [0, 0.05) is 12.0 Å². The Bertz CT molecular complexity index is 1370. The zero-order valence-corrected chi connectivity index (χ0v) is 28.8. The average molecular weight is 635 g/mol. The minimum absolute atomic E-state index is 0.201. The third-order valence-corrected chi connectivity index (χ3v) is 13.2. The molecule has 1 aliphatic rings. The first-order chi connectivity index (χ1) is 20.8. The van der Waals surface area contributed by atoms with Crippen LogP contribution >= 0.6 is 11.8 Å². The van der Waals surface area contributed by atoms with Gasteiger partial charge in [0.25, 0.3) is 0 Å². The van der Waals surface area contributed by atoms with Gasteiger partial charge in [-0.3, -0.25) is 4.79 Å². The van der Waals surface area contributed by atoms with Gasteiger partial charge in [-0.05, 0) is 72.8 Å². The molecule has 0 aromatic heterocycles. The Morgan fingerprint density at radius 3 is 2.11 bits per heavy atom. The zero-order valence-electron chi connectivity index (χ0n) is 26.9. The first-order valence-electron chi connectivity index (χ1n) is 15.2. The molecule has 3 aromatic carbocycles. The highest BCUT2D eigenvalue weighted by atomic mass is 32.2.